The average Bonchev–Trinajstić information content (AvgIpc) is 2.60. The first-order valence-corrected chi connectivity index (χ1v) is 6.78. The standard InChI is InChI=1S/C13H19NOS/c1-4-15-11-7-5-6-10(8-11)12-14-13(2,3)9-16-12/h5-8,12,14H,4,9H2,1-3H3. The molecule has 0 spiro atoms. The molecule has 3 heteroatoms. The maximum absolute atomic E-state index is 5.52. The molecule has 2 nitrogen and oxygen atoms in total. The van der Waals surface area contributed by atoms with Gasteiger partial charge in [0.05, 0.1) is 12.0 Å². The van der Waals surface area contributed by atoms with Gasteiger partial charge in [-0.15, -0.1) is 11.8 Å². The van der Waals surface area contributed by atoms with E-state index in [4.69, 9.17) is 4.74 Å². The number of rotatable bonds is 3. The SMILES string of the molecule is CCOc1cccc(C2NC(C)(C)CS2)c1. The zero-order valence-corrected chi connectivity index (χ0v) is 10.9. The van der Waals surface area contributed by atoms with Crippen LogP contribution < -0.4 is 10.1 Å². The van der Waals surface area contributed by atoms with Crippen LogP contribution in [-0.4, -0.2) is 17.9 Å². The fraction of sp³-hybridized carbons (Fsp3) is 0.538. The van der Waals surface area contributed by atoms with Gasteiger partial charge in [0.1, 0.15) is 5.75 Å². The third-order valence-electron chi connectivity index (χ3n) is 2.60. The second-order valence-electron chi connectivity index (χ2n) is 4.72. The van der Waals surface area contributed by atoms with Crippen LogP contribution in [0.2, 0.25) is 0 Å². The highest BCUT2D eigenvalue weighted by Crippen LogP contribution is 2.37. The van der Waals surface area contributed by atoms with E-state index in [-0.39, 0.29) is 5.54 Å². The lowest BCUT2D eigenvalue weighted by atomic mass is 10.1. The van der Waals surface area contributed by atoms with E-state index in [1.165, 1.54) is 5.56 Å². The molecule has 16 heavy (non-hydrogen) atoms. The minimum absolute atomic E-state index is 0.233. The summed E-state index contributed by atoms with van der Waals surface area (Å²) in [6.07, 6.45) is 0. The zero-order valence-electron chi connectivity index (χ0n) is 10.1. The van der Waals surface area contributed by atoms with Crippen LogP contribution in [0.15, 0.2) is 24.3 Å². The summed E-state index contributed by atoms with van der Waals surface area (Å²) >= 11 is 1.96. The van der Waals surface area contributed by atoms with Crippen molar-refractivity contribution in [2.45, 2.75) is 31.7 Å². The minimum atomic E-state index is 0.233. The summed E-state index contributed by atoms with van der Waals surface area (Å²) in [5.74, 6) is 2.11. The summed E-state index contributed by atoms with van der Waals surface area (Å²) in [6, 6.07) is 8.37. The molecule has 0 radical (unpaired) electrons. The molecule has 1 aliphatic rings. The quantitative estimate of drug-likeness (QED) is 0.872. The Morgan fingerprint density at radius 3 is 2.94 bits per heavy atom. The Morgan fingerprint density at radius 1 is 1.50 bits per heavy atom. The smallest absolute Gasteiger partial charge is 0.119 e. The van der Waals surface area contributed by atoms with Crippen molar-refractivity contribution in [3.05, 3.63) is 29.8 Å². The van der Waals surface area contributed by atoms with Crippen LogP contribution >= 0.6 is 11.8 Å². The van der Waals surface area contributed by atoms with Crippen LogP contribution in [-0.2, 0) is 0 Å². The topological polar surface area (TPSA) is 21.3 Å². The van der Waals surface area contributed by atoms with E-state index in [1.54, 1.807) is 0 Å². The van der Waals surface area contributed by atoms with E-state index in [2.05, 4.69) is 37.4 Å². The van der Waals surface area contributed by atoms with E-state index in [0.29, 0.717) is 5.37 Å². The second kappa shape index (κ2) is 4.68. The average molecular weight is 237 g/mol. The van der Waals surface area contributed by atoms with E-state index in [9.17, 15) is 0 Å². The van der Waals surface area contributed by atoms with Gasteiger partial charge in [-0.25, -0.2) is 0 Å². The van der Waals surface area contributed by atoms with E-state index < -0.39 is 0 Å². The number of thioether (sulfide) groups is 1. The molecule has 0 aromatic heterocycles. The molecule has 1 aromatic rings. The normalized spacial score (nSPS) is 23.3. The largest absolute Gasteiger partial charge is 0.494 e. The summed E-state index contributed by atoms with van der Waals surface area (Å²) < 4.78 is 5.52. The maximum Gasteiger partial charge on any atom is 0.119 e. The molecule has 1 saturated heterocycles. The first kappa shape index (κ1) is 11.8. The lowest BCUT2D eigenvalue weighted by Gasteiger charge is -2.19. The lowest BCUT2D eigenvalue weighted by Crippen LogP contribution is -2.35. The highest BCUT2D eigenvalue weighted by Gasteiger charge is 2.31. The molecule has 1 fully saturated rings. The fourth-order valence-corrected chi connectivity index (χ4v) is 3.25. The molecule has 1 aromatic carbocycles. The molecule has 88 valence electrons. The third-order valence-corrected chi connectivity index (χ3v) is 4.22. The van der Waals surface area contributed by atoms with Crippen molar-refractivity contribution in [1.29, 1.82) is 0 Å². The van der Waals surface area contributed by atoms with E-state index in [0.717, 1.165) is 18.1 Å². The van der Waals surface area contributed by atoms with Crippen molar-refractivity contribution in [3.8, 4) is 5.75 Å². The van der Waals surface area contributed by atoms with Crippen molar-refractivity contribution >= 4 is 11.8 Å². The zero-order chi connectivity index (χ0) is 11.6. The van der Waals surface area contributed by atoms with Gasteiger partial charge in [-0.3, -0.25) is 5.32 Å². The van der Waals surface area contributed by atoms with Crippen LogP contribution in [0.5, 0.6) is 5.75 Å². The number of benzene rings is 1. The van der Waals surface area contributed by atoms with Gasteiger partial charge in [0.25, 0.3) is 0 Å². The number of hydrogen-bond donors (Lipinski definition) is 1. The molecule has 1 unspecified atom stereocenters. The van der Waals surface area contributed by atoms with Crippen LogP contribution in [0.25, 0.3) is 0 Å². The molecule has 0 amide bonds. The van der Waals surface area contributed by atoms with Crippen molar-refractivity contribution < 1.29 is 4.74 Å². The summed E-state index contributed by atoms with van der Waals surface area (Å²) in [6.45, 7) is 7.22. The molecule has 0 bridgehead atoms. The van der Waals surface area contributed by atoms with Gasteiger partial charge in [0.15, 0.2) is 0 Å². The van der Waals surface area contributed by atoms with E-state index in [1.807, 2.05) is 24.8 Å². The first-order valence-electron chi connectivity index (χ1n) is 5.73. The minimum Gasteiger partial charge on any atom is -0.494 e. The van der Waals surface area contributed by atoms with E-state index >= 15 is 0 Å². The Balaban J connectivity index is 2.12. The molecular formula is C13H19NOS. The molecule has 1 N–H and O–H groups in total. The van der Waals surface area contributed by atoms with Crippen LogP contribution in [0, 0.1) is 0 Å². The number of ether oxygens (including phenoxy) is 1. The third kappa shape index (κ3) is 2.71. The molecule has 1 aliphatic heterocycles. The van der Waals surface area contributed by atoms with Crippen molar-refractivity contribution in [3.63, 3.8) is 0 Å². The monoisotopic (exact) mass is 237 g/mol. The molecule has 1 atom stereocenters. The van der Waals surface area contributed by atoms with Crippen molar-refractivity contribution in [2.75, 3.05) is 12.4 Å². The van der Waals surface area contributed by atoms with Crippen LogP contribution in [0.1, 0.15) is 31.7 Å². The van der Waals surface area contributed by atoms with Gasteiger partial charge in [-0.1, -0.05) is 12.1 Å². The van der Waals surface area contributed by atoms with Gasteiger partial charge in [-0.05, 0) is 38.5 Å². The predicted molar refractivity (Wildman–Crippen MR) is 70.0 cm³/mol. The maximum atomic E-state index is 5.52. The summed E-state index contributed by atoms with van der Waals surface area (Å²) in [5, 5.41) is 4.02. The number of nitrogens with one attached hydrogen (secondary N) is 1. The summed E-state index contributed by atoms with van der Waals surface area (Å²) in [4.78, 5) is 0. The molecule has 1 heterocycles. The first-order chi connectivity index (χ1) is 7.61. The van der Waals surface area contributed by atoms with Gasteiger partial charge in [-0.2, -0.15) is 0 Å². The van der Waals surface area contributed by atoms with Gasteiger partial charge < -0.3 is 4.74 Å². The molecule has 0 aliphatic carbocycles. The Bertz CT molecular complexity index is 365. The molecule has 2 rings (SSSR count). The highest BCUT2D eigenvalue weighted by molar-refractivity contribution is 7.99. The molecule has 0 saturated carbocycles. The van der Waals surface area contributed by atoms with Crippen LogP contribution in [0.3, 0.4) is 0 Å². The lowest BCUT2D eigenvalue weighted by molar-refractivity contribution is 0.339. The van der Waals surface area contributed by atoms with Gasteiger partial charge >= 0.3 is 0 Å². The number of hydrogen-bond acceptors (Lipinski definition) is 3. The van der Waals surface area contributed by atoms with Gasteiger partial charge in [0, 0.05) is 11.3 Å². The Kier molecular flexibility index (Phi) is 3.45. The Morgan fingerprint density at radius 2 is 2.31 bits per heavy atom. The summed E-state index contributed by atoms with van der Waals surface area (Å²) in [5.41, 5.74) is 1.54. The van der Waals surface area contributed by atoms with Crippen molar-refractivity contribution in [2.24, 2.45) is 0 Å². The predicted octanol–water partition coefficient (Wildman–Crippen LogP) is 3.20. The van der Waals surface area contributed by atoms with Gasteiger partial charge in [0.2, 0.25) is 0 Å². The Labute approximate surface area is 102 Å². The second-order valence-corrected chi connectivity index (χ2v) is 5.82. The fourth-order valence-electron chi connectivity index (χ4n) is 1.84. The highest BCUT2D eigenvalue weighted by atomic mass is 32.2. The van der Waals surface area contributed by atoms with Crippen LogP contribution in [0.4, 0.5) is 0 Å². The Hall–Kier alpha value is -0.670. The summed E-state index contributed by atoms with van der Waals surface area (Å²) in [7, 11) is 0. The van der Waals surface area contributed by atoms with Crippen molar-refractivity contribution in [1.82, 2.24) is 5.32 Å². The molecular weight excluding hydrogens is 218 g/mol.